The Morgan fingerprint density at radius 3 is 2.03 bits per heavy atom. The van der Waals surface area contributed by atoms with Gasteiger partial charge in [-0.3, -0.25) is 4.90 Å². The van der Waals surface area contributed by atoms with Gasteiger partial charge in [-0.1, -0.05) is 50.5 Å². The Morgan fingerprint density at radius 1 is 1.03 bits per heavy atom. The van der Waals surface area contributed by atoms with Gasteiger partial charge in [-0.2, -0.15) is 0 Å². The van der Waals surface area contributed by atoms with E-state index in [1.807, 2.05) is 37.4 Å². The van der Waals surface area contributed by atoms with Crippen molar-refractivity contribution in [1.29, 1.82) is 0 Å². The fourth-order valence-corrected chi connectivity index (χ4v) is 6.82. The highest BCUT2D eigenvalue weighted by Gasteiger charge is 2.35. The number of thioether (sulfide) groups is 1. The second kappa shape index (κ2) is 16.8. The lowest BCUT2D eigenvalue weighted by Gasteiger charge is -2.46. The van der Waals surface area contributed by atoms with E-state index >= 15 is 0 Å². The van der Waals surface area contributed by atoms with Crippen molar-refractivity contribution in [3.63, 3.8) is 0 Å². The van der Waals surface area contributed by atoms with E-state index in [2.05, 4.69) is 66.1 Å². The van der Waals surface area contributed by atoms with Gasteiger partial charge in [0.2, 0.25) is 0 Å². The number of carbonyl (C=O) groups excluding carboxylic acids is 1. The zero-order valence-corrected chi connectivity index (χ0v) is 27.1. The first-order valence-electron chi connectivity index (χ1n) is 14.9. The minimum Gasteiger partial charge on any atom is -0.444 e. The number of likely N-dealkylation sites (N-methyl/N-ethyl adjacent to an activating group) is 1. The monoisotopic (exact) mass is 581 g/mol. The fourth-order valence-electron chi connectivity index (χ4n) is 5.75. The zero-order chi connectivity index (χ0) is 29.0. The van der Waals surface area contributed by atoms with Crippen LogP contribution in [0.3, 0.4) is 0 Å². The normalized spacial score (nSPS) is 23.9. The molecule has 0 unspecified atom stereocenters. The molecule has 9 heteroatoms. The summed E-state index contributed by atoms with van der Waals surface area (Å²) in [6, 6.07) is 0.999. The third kappa shape index (κ3) is 11.6. The topological polar surface area (TPSA) is 65.3 Å². The van der Waals surface area contributed by atoms with Gasteiger partial charge in [0, 0.05) is 62.8 Å². The SMILES string of the molecule is C=C(S/C(=C\C)CN1CCN(CC)CC1)N(C1CCC(C)CC1)C1CCN(C(=O)OC(C)(C)C)CC1.NC=S. The Hall–Kier alpha value is -1.29. The second-order valence-corrected chi connectivity index (χ2v) is 13.6. The molecule has 7 nitrogen and oxygen atoms in total. The molecule has 3 aliphatic rings. The van der Waals surface area contributed by atoms with Crippen molar-refractivity contribution in [2.45, 2.75) is 97.8 Å². The summed E-state index contributed by atoms with van der Waals surface area (Å²) >= 11 is 5.93. The molecule has 224 valence electrons. The van der Waals surface area contributed by atoms with E-state index in [-0.39, 0.29) is 6.09 Å². The number of likely N-dealkylation sites (tertiary alicyclic amines) is 1. The number of rotatable bonds is 8. The van der Waals surface area contributed by atoms with Gasteiger partial charge in [0.15, 0.2) is 0 Å². The molecule has 1 saturated carbocycles. The molecule has 2 N–H and O–H groups in total. The highest BCUT2D eigenvalue weighted by molar-refractivity contribution is 8.06. The number of allylic oxidation sites excluding steroid dienone is 1. The number of amides is 1. The van der Waals surface area contributed by atoms with Crippen molar-refractivity contribution in [1.82, 2.24) is 19.6 Å². The average Bonchev–Trinajstić information content (AvgIpc) is 2.90. The highest BCUT2D eigenvalue weighted by atomic mass is 32.2. The van der Waals surface area contributed by atoms with E-state index in [0.29, 0.717) is 12.1 Å². The number of piperazine rings is 1. The van der Waals surface area contributed by atoms with Gasteiger partial charge in [-0.25, -0.2) is 4.79 Å². The number of carbonyl (C=O) groups is 1. The number of hydrogen-bond donors (Lipinski definition) is 1. The molecule has 0 atom stereocenters. The largest absolute Gasteiger partial charge is 0.444 e. The van der Waals surface area contributed by atoms with Gasteiger partial charge in [0.1, 0.15) is 5.60 Å². The Morgan fingerprint density at radius 2 is 1.54 bits per heavy atom. The molecule has 1 aliphatic carbocycles. The Kier molecular flexibility index (Phi) is 14.7. The molecule has 2 aliphatic heterocycles. The minimum absolute atomic E-state index is 0.174. The molecule has 0 bridgehead atoms. The van der Waals surface area contributed by atoms with Gasteiger partial charge in [0.25, 0.3) is 0 Å². The van der Waals surface area contributed by atoms with Crippen molar-refractivity contribution in [2.24, 2.45) is 11.7 Å². The summed E-state index contributed by atoms with van der Waals surface area (Å²) < 4.78 is 5.64. The Balaban J connectivity index is 0.00000170. The zero-order valence-electron chi connectivity index (χ0n) is 25.5. The summed E-state index contributed by atoms with van der Waals surface area (Å²) in [6.07, 6.45) is 9.17. The van der Waals surface area contributed by atoms with E-state index in [1.165, 1.54) is 48.7 Å². The summed E-state index contributed by atoms with van der Waals surface area (Å²) in [6.45, 7) is 25.6. The molecule has 0 spiro atoms. The van der Waals surface area contributed by atoms with Crippen LogP contribution in [0.15, 0.2) is 22.6 Å². The summed E-state index contributed by atoms with van der Waals surface area (Å²) in [5.74, 6) is 0.825. The standard InChI is InChI=1S/C29H52N4O2S.CH3NS/c1-8-27(22-31-20-18-30(9-2)19-21-31)36-24(4)33(25-12-10-23(3)11-13-25)26-14-16-32(17-15-26)28(34)35-29(5,6)7;2-1-3/h8,23,25-26H,4,9-22H2,1-3,5-7H3;1H,(H2,2,3)/b27-8-;. The van der Waals surface area contributed by atoms with Crippen molar-refractivity contribution in [2.75, 3.05) is 52.4 Å². The first-order chi connectivity index (χ1) is 18.5. The molecule has 39 heavy (non-hydrogen) atoms. The molecular weight excluding hydrogens is 526 g/mol. The van der Waals surface area contributed by atoms with Crippen LogP contribution in [0.25, 0.3) is 0 Å². The number of ether oxygens (including phenoxy) is 1. The Labute approximate surface area is 248 Å². The number of hydrogen-bond acceptors (Lipinski definition) is 7. The number of thiocarbonyl (C=S) groups is 1. The van der Waals surface area contributed by atoms with E-state index in [4.69, 9.17) is 4.74 Å². The van der Waals surface area contributed by atoms with Crippen LogP contribution in [0.5, 0.6) is 0 Å². The van der Waals surface area contributed by atoms with Crippen LogP contribution in [0.4, 0.5) is 4.79 Å². The molecule has 2 saturated heterocycles. The fraction of sp³-hybridized carbons (Fsp3) is 0.800. The molecule has 0 radical (unpaired) electrons. The lowest BCUT2D eigenvalue weighted by Crippen LogP contribution is -2.50. The summed E-state index contributed by atoms with van der Waals surface area (Å²) in [4.78, 5) is 23.7. The first-order valence-corrected chi connectivity index (χ1v) is 16.2. The van der Waals surface area contributed by atoms with Crippen LogP contribution in [-0.4, -0.2) is 101 Å². The lowest BCUT2D eigenvalue weighted by atomic mass is 9.85. The van der Waals surface area contributed by atoms with Crippen molar-refractivity contribution in [3.8, 4) is 0 Å². The molecule has 3 fully saturated rings. The molecule has 0 aromatic rings. The molecule has 3 rings (SSSR count). The maximum atomic E-state index is 12.6. The third-order valence-electron chi connectivity index (χ3n) is 8.04. The second-order valence-electron chi connectivity index (χ2n) is 12.1. The smallest absolute Gasteiger partial charge is 0.410 e. The predicted octanol–water partition coefficient (Wildman–Crippen LogP) is 5.91. The van der Waals surface area contributed by atoms with Crippen LogP contribution >= 0.6 is 24.0 Å². The lowest BCUT2D eigenvalue weighted by molar-refractivity contribution is 0.0133. The maximum Gasteiger partial charge on any atom is 0.410 e. The van der Waals surface area contributed by atoms with Crippen LogP contribution in [-0.2, 0) is 4.74 Å². The minimum atomic E-state index is -0.449. The van der Waals surface area contributed by atoms with Crippen molar-refractivity contribution < 1.29 is 9.53 Å². The first kappa shape index (κ1) is 33.9. The molecule has 1 amide bonds. The average molecular weight is 582 g/mol. The van der Waals surface area contributed by atoms with Gasteiger partial charge < -0.3 is 25.2 Å². The molecule has 0 aromatic heterocycles. The summed E-state index contributed by atoms with van der Waals surface area (Å²) in [5.41, 5.74) is 5.17. The highest BCUT2D eigenvalue weighted by Crippen LogP contribution is 2.38. The Bertz CT molecular complexity index is 792. The van der Waals surface area contributed by atoms with E-state index in [9.17, 15) is 4.79 Å². The quantitative estimate of drug-likeness (QED) is 0.355. The van der Waals surface area contributed by atoms with Gasteiger partial charge in [-0.15, -0.1) is 0 Å². The van der Waals surface area contributed by atoms with Gasteiger partial charge in [0.05, 0.1) is 10.5 Å². The van der Waals surface area contributed by atoms with Crippen LogP contribution in [0.2, 0.25) is 0 Å². The number of nitrogens with two attached hydrogens (primary N) is 1. The molecule has 2 heterocycles. The van der Waals surface area contributed by atoms with Crippen LogP contribution in [0.1, 0.15) is 80.1 Å². The number of nitrogens with zero attached hydrogens (tertiary/aromatic N) is 4. The predicted molar refractivity (Wildman–Crippen MR) is 171 cm³/mol. The summed E-state index contributed by atoms with van der Waals surface area (Å²) in [7, 11) is 0. The van der Waals surface area contributed by atoms with E-state index in [1.54, 1.807) is 0 Å². The molecule has 0 aromatic carbocycles. The van der Waals surface area contributed by atoms with Crippen LogP contribution < -0.4 is 5.73 Å². The van der Waals surface area contributed by atoms with Crippen LogP contribution in [0, 0.1) is 5.92 Å². The maximum absolute atomic E-state index is 12.6. The third-order valence-corrected chi connectivity index (χ3v) is 9.11. The summed E-state index contributed by atoms with van der Waals surface area (Å²) in [5, 5.41) is 1.20. The van der Waals surface area contributed by atoms with Gasteiger partial charge >= 0.3 is 6.09 Å². The van der Waals surface area contributed by atoms with E-state index in [0.717, 1.165) is 63.5 Å². The van der Waals surface area contributed by atoms with Crippen molar-refractivity contribution >= 4 is 35.6 Å². The number of piperidine rings is 1. The van der Waals surface area contributed by atoms with Crippen molar-refractivity contribution in [3.05, 3.63) is 22.6 Å². The molecular formula is C30H55N5O2S2. The van der Waals surface area contributed by atoms with E-state index < -0.39 is 5.60 Å². The van der Waals surface area contributed by atoms with Gasteiger partial charge in [-0.05, 0) is 78.7 Å².